The highest BCUT2D eigenvalue weighted by atomic mass is 127. The Morgan fingerprint density at radius 1 is 1.45 bits per heavy atom. The largest absolute Gasteiger partial charge is 0.241 e. The van der Waals surface area contributed by atoms with Crippen molar-refractivity contribution in [3.05, 3.63) is 28.1 Å². The van der Waals surface area contributed by atoms with E-state index in [4.69, 9.17) is 0 Å². The van der Waals surface area contributed by atoms with Crippen LogP contribution in [0.2, 0.25) is 0 Å². The van der Waals surface area contributed by atoms with Gasteiger partial charge in [0.05, 0.1) is 0 Å². The number of hydrogen-bond donors (Lipinski definition) is 0. The van der Waals surface area contributed by atoms with Gasteiger partial charge in [0, 0.05) is 41.1 Å². The summed E-state index contributed by atoms with van der Waals surface area (Å²) >= 11 is 2.36. The molecule has 0 amide bonds. The second-order valence-electron chi connectivity index (χ2n) is 2.57. The molecular formula is C9H13IN+. The van der Waals surface area contributed by atoms with Crippen molar-refractivity contribution in [1.82, 2.24) is 0 Å². The van der Waals surface area contributed by atoms with Crippen LogP contribution in [0.25, 0.3) is 0 Å². The lowest BCUT2D eigenvalue weighted by molar-refractivity contribution is -0.709. The van der Waals surface area contributed by atoms with Gasteiger partial charge in [0.15, 0.2) is 6.20 Å². The van der Waals surface area contributed by atoms with Crippen LogP contribution in [0.4, 0.5) is 0 Å². The van der Waals surface area contributed by atoms with Gasteiger partial charge >= 0.3 is 0 Å². The summed E-state index contributed by atoms with van der Waals surface area (Å²) < 4.78 is 3.60. The van der Waals surface area contributed by atoms with E-state index >= 15 is 0 Å². The van der Waals surface area contributed by atoms with E-state index in [0.29, 0.717) is 0 Å². The van der Waals surface area contributed by atoms with E-state index < -0.39 is 0 Å². The number of unbranched alkanes of at least 4 members (excludes halogenated alkanes) is 1. The number of rotatable bonds is 3. The minimum Gasteiger partial charge on any atom is -0.194 e. The summed E-state index contributed by atoms with van der Waals surface area (Å²) in [6.07, 6.45) is 4.67. The summed E-state index contributed by atoms with van der Waals surface area (Å²) in [4.78, 5) is 0. The van der Waals surface area contributed by atoms with E-state index in [1.807, 2.05) is 0 Å². The van der Waals surface area contributed by atoms with Crippen LogP contribution in [0.3, 0.4) is 0 Å². The molecule has 1 rings (SSSR count). The first-order valence-electron chi connectivity index (χ1n) is 3.98. The molecule has 1 heterocycles. The van der Waals surface area contributed by atoms with Crippen molar-refractivity contribution in [1.29, 1.82) is 0 Å². The highest BCUT2D eigenvalue weighted by molar-refractivity contribution is 14.1. The molecular weight excluding hydrogens is 249 g/mol. The van der Waals surface area contributed by atoms with E-state index in [0.717, 1.165) is 6.54 Å². The van der Waals surface area contributed by atoms with Gasteiger partial charge in [-0.1, -0.05) is 13.3 Å². The maximum absolute atomic E-state index is 2.36. The topological polar surface area (TPSA) is 3.88 Å². The van der Waals surface area contributed by atoms with Crippen molar-refractivity contribution in [3.8, 4) is 0 Å². The molecule has 60 valence electrons. The molecule has 1 aromatic rings. The van der Waals surface area contributed by atoms with Crippen molar-refractivity contribution in [3.63, 3.8) is 0 Å². The SMILES string of the molecule is CCCC[n+]1ccccc1I. The number of halogens is 1. The van der Waals surface area contributed by atoms with E-state index in [1.165, 1.54) is 16.5 Å². The minimum absolute atomic E-state index is 1.15. The van der Waals surface area contributed by atoms with Crippen molar-refractivity contribution < 1.29 is 4.57 Å². The lowest BCUT2D eigenvalue weighted by Gasteiger charge is -1.95. The molecule has 0 bridgehead atoms. The van der Waals surface area contributed by atoms with Gasteiger partial charge in [-0.05, 0) is 6.07 Å². The van der Waals surface area contributed by atoms with Crippen LogP contribution in [0.5, 0.6) is 0 Å². The van der Waals surface area contributed by atoms with Gasteiger partial charge in [0.25, 0.3) is 0 Å². The molecule has 1 nitrogen and oxygen atoms in total. The normalized spacial score (nSPS) is 10.0. The molecule has 0 unspecified atom stereocenters. The van der Waals surface area contributed by atoms with Gasteiger partial charge in [-0.2, -0.15) is 4.57 Å². The Bertz CT molecular complexity index is 223. The quantitative estimate of drug-likeness (QED) is 0.447. The zero-order valence-electron chi connectivity index (χ0n) is 6.76. The highest BCUT2D eigenvalue weighted by Crippen LogP contribution is 1.96. The first kappa shape index (κ1) is 8.97. The van der Waals surface area contributed by atoms with Crippen LogP contribution < -0.4 is 4.57 Å². The molecule has 1 aromatic heterocycles. The van der Waals surface area contributed by atoms with Gasteiger partial charge in [-0.15, -0.1) is 0 Å². The minimum atomic E-state index is 1.15. The number of aromatic nitrogens is 1. The maximum atomic E-state index is 2.36. The predicted octanol–water partition coefficient (Wildman–Crippen LogP) is 2.38. The summed E-state index contributed by atoms with van der Waals surface area (Å²) in [5, 5.41) is 0. The summed E-state index contributed by atoms with van der Waals surface area (Å²) in [6, 6.07) is 6.29. The number of pyridine rings is 1. The third-order valence-electron chi connectivity index (χ3n) is 1.64. The van der Waals surface area contributed by atoms with Crippen molar-refractivity contribution in [2.45, 2.75) is 26.3 Å². The molecule has 0 N–H and O–H groups in total. The zero-order chi connectivity index (χ0) is 8.10. The molecule has 0 radical (unpaired) electrons. The molecule has 0 saturated heterocycles. The lowest BCUT2D eigenvalue weighted by Crippen LogP contribution is -2.36. The van der Waals surface area contributed by atoms with Crippen LogP contribution in [-0.2, 0) is 6.54 Å². The Balaban J connectivity index is 2.62. The molecule has 0 spiro atoms. The monoisotopic (exact) mass is 262 g/mol. The second-order valence-corrected chi connectivity index (χ2v) is 3.68. The van der Waals surface area contributed by atoms with Crippen molar-refractivity contribution in [2.75, 3.05) is 0 Å². The lowest BCUT2D eigenvalue weighted by atomic mass is 10.3. The standard InChI is InChI=1S/C9H13IN/c1-2-3-7-11-8-5-4-6-9(11)10/h4-6,8H,2-3,7H2,1H3/q+1. The number of aryl methyl sites for hydroxylation is 1. The fraction of sp³-hybridized carbons (Fsp3) is 0.444. The van der Waals surface area contributed by atoms with Crippen LogP contribution in [0.15, 0.2) is 24.4 Å². The summed E-state index contributed by atoms with van der Waals surface area (Å²) in [5.74, 6) is 0. The third-order valence-corrected chi connectivity index (χ3v) is 2.62. The average molecular weight is 262 g/mol. The van der Waals surface area contributed by atoms with Crippen LogP contribution >= 0.6 is 22.6 Å². The first-order valence-corrected chi connectivity index (χ1v) is 5.06. The summed E-state index contributed by atoms with van der Waals surface area (Å²) in [7, 11) is 0. The van der Waals surface area contributed by atoms with Crippen molar-refractivity contribution >= 4 is 22.6 Å². The van der Waals surface area contributed by atoms with Crippen molar-refractivity contribution in [2.24, 2.45) is 0 Å². The average Bonchev–Trinajstić information content (AvgIpc) is 2.03. The molecule has 0 aliphatic carbocycles. The Hall–Kier alpha value is -0.120. The van der Waals surface area contributed by atoms with Gasteiger partial charge in [0.1, 0.15) is 6.54 Å². The highest BCUT2D eigenvalue weighted by Gasteiger charge is 2.02. The van der Waals surface area contributed by atoms with E-state index in [2.05, 4.69) is 58.5 Å². The predicted molar refractivity (Wildman–Crippen MR) is 54.3 cm³/mol. The summed E-state index contributed by atoms with van der Waals surface area (Å²) in [6.45, 7) is 3.37. The van der Waals surface area contributed by atoms with Gasteiger partial charge < -0.3 is 0 Å². The smallest absolute Gasteiger partial charge is 0.194 e. The van der Waals surface area contributed by atoms with Crippen LogP contribution in [0, 0.1) is 3.70 Å². The Morgan fingerprint density at radius 3 is 2.91 bits per heavy atom. The number of nitrogens with zero attached hydrogens (tertiary/aromatic N) is 1. The molecule has 11 heavy (non-hydrogen) atoms. The Kier molecular flexibility index (Phi) is 3.83. The fourth-order valence-electron chi connectivity index (χ4n) is 0.965. The fourth-order valence-corrected chi connectivity index (χ4v) is 1.57. The molecule has 0 aliphatic heterocycles. The second kappa shape index (κ2) is 4.70. The third kappa shape index (κ3) is 2.77. The molecule has 0 fully saturated rings. The Morgan fingerprint density at radius 2 is 2.27 bits per heavy atom. The van der Waals surface area contributed by atoms with E-state index in [9.17, 15) is 0 Å². The van der Waals surface area contributed by atoms with Gasteiger partial charge in [0.2, 0.25) is 3.70 Å². The Labute approximate surface area is 81.6 Å². The van der Waals surface area contributed by atoms with E-state index in [-0.39, 0.29) is 0 Å². The number of hydrogen-bond acceptors (Lipinski definition) is 0. The molecule has 0 aliphatic rings. The first-order chi connectivity index (χ1) is 5.34. The molecule has 0 saturated carbocycles. The zero-order valence-corrected chi connectivity index (χ0v) is 8.91. The molecule has 0 aromatic carbocycles. The summed E-state index contributed by atoms with van der Waals surface area (Å²) in [5.41, 5.74) is 0. The molecule has 0 atom stereocenters. The van der Waals surface area contributed by atoms with Crippen LogP contribution in [-0.4, -0.2) is 0 Å². The van der Waals surface area contributed by atoms with Gasteiger partial charge in [-0.3, -0.25) is 0 Å². The maximum Gasteiger partial charge on any atom is 0.241 e. The van der Waals surface area contributed by atoms with Crippen LogP contribution in [0.1, 0.15) is 19.8 Å². The molecule has 2 heteroatoms. The van der Waals surface area contributed by atoms with Gasteiger partial charge in [-0.25, -0.2) is 0 Å². The van der Waals surface area contributed by atoms with E-state index in [1.54, 1.807) is 0 Å².